The van der Waals surface area contributed by atoms with Gasteiger partial charge in [0.2, 0.25) is 0 Å². The number of halogens is 3. The van der Waals surface area contributed by atoms with Crippen LogP contribution in [0.4, 0.5) is 18.9 Å². The molecule has 6 heteroatoms. The first-order valence-corrected chi connectivity index (χ1v) is 6.63. The predicted molar refractivity (Wildman–Crippen MR) is 74.7 cm³/mol. The average molecular weight is 300 g/mol. The van der Waals surface area contributed by atoms with Crippen LogP contribution in [0.1, 0.15) is 38.3 Å². The third-order valence-corrected chi connectivity index (χ3v) is 2.97. The van der Waals surface area contributed by atoms with Crippen LogP contribution in [-0.2, 0) is 6.18 Å². The van der Waals surface area contributed by atoms with E-state index in [2.05, 4.69) is 5.32 Å². The Morgan fingerprint density at radius 1 is 1.33 bits per heavy atom. The van der Waals surface area contributed by atoms with Crippen molar-refractivity contribution in [2.24, 2.45) is 5.92 Å². The molecule has 0 heterocycles. The van der Waals surface area contributed by atoms with E-state index in [1.165, 1.54) is 12.1 Å². The Labute approximate surface area is 122 Å². The lowest BCUT2D eigenvalue weighted by molar-refractivity contribution is -0.137. The molecule has 0 spiro atoms. The molecule has 21 heavy (non-hydrogen) atoms. The zero-order valence-electron chi connectivity index (χ0n) is 12.3. The summed E-state index contributed by atoms with van der Waals surface area (Å²) in [6, 6.07) is 4.95. The second-order valence-electron chi connectivity index (χ2n) is 5.82. The van der Waals surface area contributed by atoms with Crippen LogP contribution in [-0.4, -0.2) is 17.3 Å². The number of rotatable bonds is 5. The van der Waals surface area contributed by atoms with Gasteiger partial charge in [-0.15, -0.1) is 0 Å². The summed E-state index contributed by atoms with van der Waals surface area (Å²) in [5.74, 6) is 0.272. The van der Waals surface area contributed by atoms with Gasteiger partial charge in [-0.2, -0.15) is 18.4 Å². The Morgan fingerprint density at radius 2 is 1.95 bits per heavy atom. The zero-order valence-corrected chi connectivity index (χ0v) is 12.3. The normalized spacial score (nSPS) is 14.6. The van der Waals surface area contributed by atoms with Crippen molar-refractivity contribution in [1.29, 1.82) is 5.26 Å². The summed E-state index contributed by atoms with van der Waals surface area (Å²) in [5.41, 5.74) is -2.17. The van der Waals surface area contributed by atoms with Crippen molar-refractivity contribution in [2.75, 3.05) is 11.9 Å². The highest BCUT2D eigenvalue weighted by molar-refractivity contribution is 5.53. The lowest BCUT2D eigenvalue weighted by Gasteiger charge is -2.26. The van der Waals surface area contributed by atoms with Crippen LogP contribution in [0.15, 0.2) is 18.2 Å². The molecule has 0 aliphatic heterocycles. The first kappa shape index (κ1) is 17.3. The second kappa shape index (κ2) is 6.35. The summed E-state index contributed by atoms with van der Waals surface area (Å²) >= 11 is 0. The maximum absolute atomic E-state index is 12.8. The Balaban J connectivity index is 2.89. The van der Waals surface area contributed by atoms with E-state index >= 15 is 0 Å². The minimum Gasteiger partial charge on any atom is -0.388 e. The third kappa shape index (κ3) is 5.27. The number of nitriles is 1. The van der Waals surface area contributed by atoms with Gasteiger partial charge in [0.1, 0.15) is 0 Å². The fourth-order valence-electron chi connectivity index (χ4n) is 2.23. The van der Waals surface area contributed by atoms with Gasteiger partial charge in [-0.25, -0.2) is 0 Å². The summed E-state index contributed by atoms with van der Waals surface area (Å²) in [5, 5.41) is 21.7. The number of benzene rings is 1. The number of nitrogens with zero attached hydrogens (tertiary/aromatic N) is 1. The minimum atomic E-state index is -4.58. The Hall–Kier alpha value is -1.74. The molecule has 0 aliphatic rings. The molecular formula is C15H19F3N2O. The van der Waals surface area contributed by atoms with Crippen LogP contribution in [0.3, 0.4) is 0 Å². The van der Waals surface area contributed by atoms with Crippen molar-refractivity contribution in [3.8, 4) is 6.07 Å². The van der Waals surface area contributed by atoms with Crippen LogP contribution in [0.5, 0.6) is 0 Å². The van der Waals surface area contributed by atoms with Crippen molar-refractivity contribution in [3.05, 3.63) is 29.3 Å². The molecule has 0 fully saturated rings. The number of anilines is 1. The van der Waals surface area contributed by atoms with Crippen molar-refractivity contribution in [1.82, 2.24) is 0 Å². The van der Waals surface area contributed by atoms with E-state index in [0.717, 1.165) is 12.1 Å². The molecule has 0 saturated carbocycles. The Kier molecular flexibility index (Phi) is 5.24. The fourth-order valence-corrected chi connectivity index (χ4v) is 2.23. The van der Waals surface area contributed by atoms with E-state index in [9.17, 15) is 18.3 Å². The molecule has 0 radical (unpaired) electrons. The SMILES string of the molecule is CC(C)CC(C)(O)CNc1ccc(C#N)c(C(F)(F)F)c1. The molecule has 1 unspecified atom stereocenters. The molecule has 0 aromatic heterocycles. The molecule has 0 saturated heterocycles. The lowest BCUT2D eigenvalue weighted by Crippen LogP contribution is -2.34. The fraction of sp³-hybridized carbons (Fsp3) is 0.533. The number of nitrogens with one attached hydrogen (secondary N) is 1. The molecule has 116 valence electrons. The molecule has 1 aromatic rings. The van der Waals surface area contributed by atoms with Crippen molar-refractivity contribution >= 4 is 5.69 Å². The van der Waals surface area contributed by atoms with Gasteiger partial charge >= 0.3 is 6.18 Å². The minimum absolute atomic E-state index is 0.133. The highest BCUT2D eigenvalue weighted by atomic mass is 19.4. The van der Waals surface area contributed by atoms with E-state index in [4.69, 9.17) is 5.26 Å². The zero-order chi connectivity index (χ0) is 16.3. The van der Waals surface area contributed by atoms with Crippen molar-refractivity contribution < 1.29 is 18.3 Å². The monoisotopic (exact) mass is 300 g/mol. The summed E-state index contributed by atoms with van der Waals surface area (Å²) in [6.45, 7) is 5.68. The topological polar surface area (TPSA) is 56.0 Å². The van der Waals surface area contributed by atoms with E-state index < -0.39 is 22.9 Å². The van der Waals surface area contributed by atoms with Crippen LogP contribution >= 0.6 is 0 Å². The Bertz CT molecular complexity index is 531. The molecule has 1 atom stereocenters. The van der Waals surface area contributed by atoms with Gasteiger partial charge in [0.25, 0.3) is 0 Å². The number of aliphatic hydroxyl groups is 1. The van der Waals surface area contributed by atoms with Gasteiger partial charge < -0.3 is 10.4 Å². The van der Waals surface area contributed by atoms with Crippen LogP contribution in [0.2, 0.25) is 0 Å². The molecule has 0 amide bonds. The van der Waals surface area contributed by atoms with Crippen LogP contribution < -0.4 is 5.32 Å². The second-order valence-corrected chi connectivity index (χ2v) is 5.82. The van der Waals surface area contributed by atoms with Gasteiger partial charge in [-0.1, -0.05) is 13.8 Å². The first-order chi connectivity index (χ1) is 9.55. The van der Waals surface area contributed by atoms with Gasteiger partial charge in [-0.05, 0) is 37.5 Å². The predicted octanol–water partition coefficient (Wildman–Crippen LogP) is 3.79. The van der Waals surface area contributed by atoms with Crippen molar-refractivity contribution in [3.63, 3.8) is 0 Å². The standard InChI is InChI=1S/C15H19F3N2O/c1-10(2)7-14(3,21)9-20-12-5-4-11(8-19)13(6-12)15(16,17)18/h4-6,10,20-21H,7,9H2,1-3H3. The summed E-state index contributed by atoms with van der Waals surface area (Å²) in [4.78, 5) is 0. The molecule has 1 aromatic carbocycles. The van der Waals surface area contributed by atoms with E-state index in [1.807, 2.05) is 13.8 Å². The number of hydrogen-bond acceptors (Lipinski definition) is 3. The molecule has 3 nitrogen and oxygen atoms in total. The maximum Gasteiger partial charge on any atom is 0.417 e. The third-order valence-electron chi connectivity index (χ3n) is 2.97. The number of alkyl halides is 3. The first-order valence-electron chi connectivity index (χ1n) is 6.63. The van der Waals surface area contributed by atoms with E-state index in [1.54, 1.807) is 6.92 Å². The smallest absolute Gasteiger partial charge is 0.388 e. The van der Waals surface area contributed by atoms with Gasteiger partial charge in [0, 0.05) is 12.2 Å². The van der Waals surface area contributed by atoms with Gasteiger partial charge in [-0.3, -0.25) is 0 Å². The summed E-state index contributed by atoms with van der Waals surface area (Å²) < 4.78 is 38.5. The maximum atomic E-state index is 12.8. The summed E-state index contributed by atoms with van der Waals surface area (Å²) in [7, 11) is 0. The van der Waals surface area contributed by atoms with Gasteiger partial charge in [0.15, 0.2) is 0 Å². The van der Waals surface area contributed by atoms with Gasteiger partial charge in [0.05, 0.1) is 22.8 Å². The quantitative estimate of drug-likeness (QED) is 0.870. The largest absolute Gasteiger partial charge is 0.417 e. The summed E-state index contributed by atoms with van der Waals surface area (Å²) in [6.07, 6.45) is -4.05. The highest BCUT2D eigenvalue weighted by Gasteiger charge is 2.34. The van der Waals surface area contributed by atoms with Crippen molar-refractivity contribution in [2.45, 2.75) is 39.0 Å². The molecular weight excluding hydrogens is 281 g/mol. The molecule has 0 bridgehead atoms. The number of hydrogen-bond donors (Lipinski definition) is 2. The van der Waals surface area contributed by atoms with E-state index in [0.29, 0.717) is 6.42 Å². The molecule has 2 N–H and O–H groups in total. The Morgan fingerprint density at radius 3 is 2.43 bits per heavy atom. The van der Waals surface area contributed by atoms with E-state index in [-0.39, 0.29) is 18.2 Å². The average Bonchev–Trinajstić information content (AvgIpc) is 2.33. The van der Waals surface area contributed by atoms with Crippen LogP contribution in [0, 0.1) is 17.2 Å². The highest BCUT2D eigenvalue weighted by Crippen LogP contribution is 2.33. The molecule has 0 aliphatic carbocycles. The van der Waals surface area contributed by atoms with Crippen LogP contribution in [0.25, 0.3) is 0 Å². The molecule has 1 rings (SSSR count). The lowest BCUT2D eigenvalue weighted by atomic mass is 9.94.